The molecule has 14 heavy (non-hydrogen) atoms. The molecule has 0 aliphatic heterocycles. The molecule has 0 spiro atoms. The fraction of sp³-hybridized carbons (Fsp3) is 0.167. The number of aromatic amines is 1. The summed E-state index contributed by atoms with van der Waals surface area (Å²) in [4.78, 5) is 3.13. The molecule has 2 heteroatoms. The lowest BCUT2D eigenvalue weighted by atomic mass is 10.1. The third-order valence-corrected chi connectivity index (χ3v) is 2.02. The first kappa shape index (κ1) is 8.86. The zero-order valence-corrected chi connectivity index (χ0v) is 7.75. The van der Waals surface area contributed by atoms with Crippen molar-refractivity contribution in [3.8, 4) is 11.8 Å². The van der Waals surface area contributed by atoms with Gasteiger partial charge in [0.25, 0.3) is 0 Å². The molecule has 2 nitrogen and oxygen atoms in total. The van der Waals surface area contributed by atoms with Crippen molar-refractivity contribution < 1.29 is 5.11 Å². The molecule has 1 aromatic heterocycles. The van der Waals surface area contributed by atoms with Crippen molar-refractivity contribution in [1.82, 2.24) is 4.98 Å². The SMILES string of the molecule is OCCC#Cc1ccc2cc[nH]c2c1. The van der Waals surface area contributed by atoms with Crippen LogP contribution in [0.25, 0.3) is 10.9 Å². The quantitative estimate of drug-likeness (QED) is 0.654. The largest absolute Gasteiger partial charge is 0.395 e. The minimum Gasteiger partial charge on any atom is -0.395 e. The van der Waals surface area contributed by atoms with Crippen molar-refractivity contribution in [3.05, 3.63) is 36.0 Å². The number of benzene rings is 1. The molecule has 0 radical (unpaired) electrons. The molecule has 2 aromatic rings. The fourth-order valence-electron chi connectivity index (χ4n) is 1.35. The van der Waals surface area contributed by atoms with Gasteiger partial charge in [0.15, 0.2) is 0 Å². The number of nitrogens with one attached hydrogen (secondary N) is 1. The van der Waals surface area contributed by atoms with E-state index in [4.69, 9.17) is 5.11 Å². The van der Waals surface area contributed by atoms with Crippen LogP contribution in [0.1, 0.15) is 12.0 Å². The Morgan fingerprint density at radius 2 is 2.21 bits per heavy atom. The Balaban J connectivity index is 2.31. The van der Waals surface area contributed by atoms with Crippen molar-refractivity contribution in [3.63, 3.8) is 0 Å². The summed E-state index contributed by atoms with van der Waals surface area (Å²) in [6.07, 6.45) is 2.44. The van der Waals surface area contributed by atoms with E-state index < -0.39 is 0 Å². The molecule has 1 heterocycles. The van der Waals surface area contributed by atoms with Crippen LogP contribution in [0.2, 0.25) is 0 Å². The van der Waals surface area contributed by atoms with Crippen LogP contribution in [0.5, 0.6) is 0 Å². The summed E-state index contributed by atoms with van der Waals surface area (Å²) in [7, 11) is 0. The first-order valence-corrected chi connectivity index (χ1v) is 4.57. The highest BCUT2D eigenvalue weighted by Gasteiger charge is 1.93. The first-order chi connectivity index (χ1) is 6.90. The predicted octanol–water partition coefficient (Wildman–Crippen LogP) is 1.90. The van der Waals surface area contributed by atoms with E-state index in [1.54, 1.807) is 0 Å². The second kappa shape index (κ2) is 3.99. The van der Waals surface area contributed by atoms with Gasteiger partial charge in [-0.25, -0.2) is 0 Å². The maximum atomic E-state index is 8.57. The molecule has 0 saturated carbocycles. The van der Waals surface area contributed by atoms with E-state index in [0.29, 0.717) is 6.42 Å². The summed E-state index contributed by atoms with van der Waals surface area (Å²) in [6, 6.07) is 8.06. The molecule has 0 aliphatic carbocycles. The molecule has 2 N–H and O–H groups in total. The third kappa shape index (κ3) is 1.78. The molecule has 70 valence electrons. The van der Waals surface area contributed by atoms with Crippen molar-refractivity contribution in [2.75, 3.05) is 6.61 Å². The molecule has 0 aliphatic rings. The van der Waals surface area contributed by atoms with Crippen molar-refractivity contribution in [1.29, 1.82) is 0 Å². The van der Waals surface area contributed by atoms with E-state index in [2.05, 4.69) is 16.8 Å². The number of fused-ring (bicyclic) bond motifs is 1. The van der Waals surface area contributed by atoms with E-state index in [1.165, 1.54) is 5.39 Å². The van der Waals surface area contributed by atoms with Crippen LogP contribution in [0, 0.1) is 11.8 Å². The molecule has 0 saturated heterocycles. The number of aromatic nitrogens is 1. The highest BCUT2D eigenvalue weighted by atomic mass is 16.2. The number of hydrogen-bond acceptors (Lipinski definition) is 1. The van der Waals surface area contributed by atoms with Crippen LogP contribution >= 0.6 is 0 Å². The fourth-order valence-corrected chi connectivity index (χ4v) is 1.35. The van der Waals surface area contributed by atoms with E-state index in [0.717, 1.165) is 11.1 Å². The van der Waals surface area contributed by atoms with E-state index >= 15 is 0 Å². The molecular weight excluding hydrogens is 174 g/mol. The van der Waals surface area contributed by atoms with Crippen molar-refractivity contribution in [2.45, 2.75) is 6.42 Å². The third-order valence-electron chi connectivity index (χ3n) is 2.02. The predicted molar refractivity (Wildman–Crippen MR) is 56.9 cm³/mol. The van der Waals surface area contributed by atoms with Gasteiger partial charge in [0.1, 0.15) is 0 Å². The Kier molecular flexibility index (Phi) is 2.53. The molecule has 0 atom stereocenters. The monoisotopic (exact) mass is 185 g/mol. The number of aliphatic hydroxyl groups is 1. The molecule has 0 bridgehead atoms. The summed E-state index contributed by atoms with van der Waals surface area (Å²) in [5, 5.41) is 9.77. The maximum Gasteiger partial charge on any atom is 0.0540 e. The van der Waals surface area contributed by atoms with Crippen LogP contribution in [0.15, 0.2) is 30.5 Å². The van der Waals surface area contributed by atoms with E-state index in [9.17, 15) is 0 Å². The molecule has 2 rings (SSSR count). The molecule has 0 unspecified atom stereocenters. The lowest BCUT2D eigenvalue weighted by Gasteiger charge is -1.91. The normalized spacial score (nSPS) is 9.79. The molecule has 0 amide bonds. The summed E-state index contributed by atoms with van der Waals surface area (Å²) < 4.78 is 0. The van der Waals surface area contributed by atoms with Crippen LogP contribution in [-0.2, 0) is 0 Å². The van der Waals surface area contributed by atoms with Gasteiger partial charge >= 0.3 is 0 Å². The van der Waals surface area contributed by atoms with Crippen molar-refractivity contribution >= 4 is 10.9 Å². The lowest BCUT2D eigenvalue weighted by molar-refractivity contribution is 0.305. The standard InChI is InChI=1S/C12H11NO/c14-8-2-1-3-10-4-5-11-6-7-13-12(11)9-10/h4-7,9,13-14H,2,8H2. The van der Waals surface area contributed by atoms with Crippen LogP contribution in [0.4, 0.5) is 0 Å². The number of hydrogen-bond donors (Lipinski definition) is 2. The van der Waals surface area contributed by atoms with E-state index in [-0.39, 0.29) is 6.61 Å². The Labute approximate surface area is 82.6 Å². The average molecular weight is 185 g/mol. The van der Waals surface area contributed by atoms with Gasteiger partial charge < -0.3 is 10.1 Å². The first-order valence-electron chi connectivity index (χ1n) is 4.57. The topological polar surface area (TPSA) is 36.0 Å². The Morgan fingerprint density at radius 1 is 1.29 bits per heavy atom. The molecule has 0 fully saturated rings. The number of aliphatic hydroxyl groups excluding tert-OH is 1. The van der Waals surface area contributed by atoms with E-state index in [1.807, 2.05) is 30.5 Å². The zero-order valence-electron chi connectivity index (χ0n) is 7.75. The lowest BCUT2D eigenvalue weighted by Crippen LogP contribution is -1.78. The Morgan fingerprint density at radius 3 is 3.07 bits per heavy atom. The van der Waals surface area contributed by atoms with Gasteiger partial charge in [-0.05, 0) is 23.6 Å². The number of rotatable bonds is 1. The Bertz CT molecular complexity index is 487. The molecule has 1 aromatic carbocycles. The molecular formula is C12H11NO. The van der Waals surface area contributed by atoms with Crippen LogP contribution in [-0.4, -0.2) is 16.7 Å². The minimum absolute atomic E-state index is 0.123. The Hall–Kier alpha value is -1.72. The smallest absolute Gasteiger partial charge is 0.0540 e. The minimum atomic E-state index is 0.123. The number of H-pyrrole nitrogens is 1. The average Bonchev–Trinajstić information content (AvgIpc) is 2.65. The van der Waals surface area contributed by atoms with Crippen LogP contribution < -0.4 is 0 Å². The highest BCUT2D eigenvalue weighted by molar-refractivity contribution is 5.80. The zero-order chi connectivity index (χ0) is 9.80. The van der Waals surface area contributed by atoms with Crippen molar-refractivity contribution in [2.24, 2.45) is 0 Å². The summed E-state index contributed by atoms with van der Waals surface area (Å²) in [5.41, 5.74) is 2.08. The second-order valence-corrected chi connectivity index (χ2v) is 3.06. The van der Waals surface area contributed by atoms with Gasteiger partial charge in [0.2, 0.25) is 0 Å². The summed E-state index contributed by atoms with van der Waals surface area (Å²) >= 11 is 0. The maximum absolute atomic E-state index is 8.57. The second-order valence-electron chi connectivity index (χ2n) is 3.06. The van der Waals surface area contributed by atoms with Gasteiger partial charge in [-0.2, -0.15) is 0 Å². The van der Waals surface area contributed by atoms with Gasteiger partial charge in [-0.3, -0.25) is 0 Å². The highest BCUT2D eigenvalue weighted by Crippen LogP contribution is 2.13. The van der Waals surface area contributed by atoms with Crippen LogP contribution in [0.3, 0.4) is 0 Å². The van der Waals surface area contributed by atoms with Gasteiger partial charge in [0.05, 0.1) is 6.61 Å². The summed E-state index contributed by atoms with van der Waals surface area (Å²) in [5.74, 6) is 5.89. The van der Waals surface area contributed by atoms with Gasteiger partial charge in [0, 0.05) is 23.7 Å². The summed E-state index contributed by atoms with van der Waals surface area (Å²) in [6.45, 7) is 0.123. The van der Waals surface area contributed by atoms with Gasteiger partial charge in [-0.1, -0.05) is 17.9 Å². The van der Waals surface area contributed by atoms with Gasteiger partial charge in [-0.15, -0.1) is 0 Å².